The van der Waals surface area contributed by atoms with Gasteiger partial charge in [-0.15, -0.1) is 0 Å². The van der Waals surface area contributed by atoms with Crippen molar-refractivity contribution in [2.24, 2.45) is 0 Å². The van der Waals surface area contributed by atoms with Gasteiger partial charge in [0, 0.05) is 12.5 Å². The summed E-state index contributed by atoms with van der Waals surface area (Å²) in [7, 11) is 0. The fraction of sp³-hybridized carbons (Fsp3) is 0.222. The maximum atomic E-state index is 10.9. The molecule has 0 bridgehead atoms. The minimum Gasteiger partial charge on any atom is -0.478 e. The average Bonchev–Trinajstić information content (AvgIpc) is 2.87. The number of carboxylic acid groups (broad SMARTS) is 1. The SMILES string of the molecule is CC(C)c1nc2ccccc2n1Cc1ccc(C(=O)O)cc1. The van der Waals surface area contributed by atoms with E-state index in [0.717, 1.165) is 22.4 Å². The molecule has 22 heavy (non-hydrogen) atoms. The second-order valence-electron chi connectivity index (χ2n) is 5.70. The molecule has 0 fully saturated rings. The summed E-state index contributed by atoms with van der Waals surface area (Å²) in [6.07, 6.45) is 0. The maximum absolute atomic E-state index is 10.9. The first-order valence-electron chi connectivity index (χ1n) is 7.33. The number of hydrogen-bond acceptors (Lipinski definition) is 2. The van der Waals surface area contributed by atoms with Gasteiger partial charge < -0.3 is 9.67 Å². The van der Waals surface area contributed by atoms with Gasteiger partial charge in [-0.25, -0.2) is 9.78 Å². The normalized spacial score (nSPS) is 11.2. The quantitative estimate of drug-likeness (QED) is 0.793. The van der Waals surface area contributed by atoms with E-state index in [1.165, 1.54) is 0 Å². The van der Waals surface area contributed by atoms with Crippen molar-refractivity contribution in [1.29, 1.82) is 0 Å². The number of aromatic nitrogens is 2. The topological polar surface area (TPSA) is 55.1 Å². The first-order chi connectivity index (χ1) is 10.6. The number of carboxylic acids is 1. The van der Waals surface area contributed by atoms with Crippen LogP contribution in [-0.2, 0) is 6.54 Å². The number of imidazole rings is 1. The van der Waals surface area contributed by atoms with Gasteiger partial charge in [-0.05, 0) is 29.8 Å². The van der Waals surface area contributed by atoms with Crippen LogP contribution >= 0.6 is 0 Å². The number of rotatable bonds is 4. The third kappa shape index (κ3) is 2.60. The van der Waals surface area contributed by atoms with Gasteiger partial charge in [-0.1, -0.05) is 38.1 Å². The Bertz CT molecular complexity index is 817. The van der Waals surface area contributed by atoms with Crippen molar-refractivity contribution in [2.45, 2.75) is 26.3 Å². The van der Waals surface area contributed by atoms with Gasteiger partial charge >= 0.3 is 5.97 Å². The van der Waals surface area contributed by atoms with Crippen LogP contribution in [0.2, 0.25) is 0 Å². The van der Waals surface area contributed by atoms with Crippen molar-refractivity contribution in [1.82, 2.24) is 9.55 Å². The summed E-state index contributed by atoms with van der Waals surface area (Å²) in [5, 5.41) is 8.98. The highest BCUT2D eigenvalue weighted by atomic mass is 16.4. The second kappa shape index (κ2) is 5.64. The predicted molar refractivity (Wildman–Crippen MR) is 86.3 cm³/mol. The second-order valence-corrected chi connectivity index (χ2v) is 5.70. The number of fused-ring (bicyclic) bond motifs is 1. The van der Waals surface area contributed by atoms with Gasteiger partial charge in [-0.2, -0.15) is 0 Å². The Balaban J connectivity index is 2.02. The van der Waals surface area contributed by atoms with Crippen molar-refractivity contribution in [3.8, 4) is 0 Å². The van der Waals surface area contributed by atoms with Crippen LogP contribution in [0.1, 0.15) is 41.5 Å². The van der Waals surface area contributed by atoms with Crippen molar-refractivity contribution >= 4 is 17.0 Å². The van der Waals surface area contributed by atoms with Crippen molar-refractivity contribution in [2.75, 3.05) is 0 Å². The molecular weight excluding hydrogens is 276 g/mol. The Morgan fingerprint density at radius 2 is 1.82 bits per heavy atom. The Hall–Kier alpha value is -2.62. The Kier molecular flexibility index (Phi) is 3.67. The van der Waals surface area contributed by atoms with Crippen molar-refractivity contribution < 1.29 is 9.90 Å². The standard InChI is InChI=1S/C18H18N2O2/c1-12(2)17-19-15-5-3-4-6-16(15)20(17)11-13-7-9-14(10-8-13)18(21)22/h3-10,12H,11H2,1-2H3,(H,21,22). The smallest absolute Gasteiger partial charge is 0.335 e. The zero-order valence-electron chi connectivity index (χ0n) is 12.7. The summed E-state index contributed by atoms with van der Waals surface area (Å²) in [5.41, 5.74) is 3.47. The highest BCUT2D eigenvalue weighted by molar-refractivity contribution is 5.87. The first-order valence-corrected chi connectivity index (χ1v) is 7.33. The molecule has 0 radical (unpaired) electrons. The van der Waals surface area contributed by atoms with Crippen LogP contribution in [0.25, 0.3) is 11.0 Å². The van der Waals surface area contributed by atoms with E-state index in [1.807, 2.05) is 30.3 Å². The summed E-state index contributed by atoms with van der Waals surface area (Å²) in [5.74, 6) is 0.469. The first kappa shape index (κ1) is 14.3. The molecule has 4 nitrogen and oxygen atoms in total. The van der Waals surface area contributed by atoms with E-state index >= 15 is 0 Å². The monoisotopic (exact) mass is 294 g/mol. The minimum absolute atomic E-state index is 0.309. The van der Waals surface area contributed by atoms with Gasteiger partial charge in [0.05, 0.1) is 16.6 Å². The lowest BCUT2D eigenvalue weighted by Crippen LogP contribution is -2.07. The summed E-state index contributed by atoms with van der Waals surface area (Å²) >= 11 is 0. The summed E-state index contributed by atoms with van der Waals surface area (Å²) in [6.45, 7) is 4.95. The molecule has 0 unspecified atom stereocenters. The van der Waals surface area contributed by atoms with Crippen molar-refractivity contribution in [3.05, 3.63) is 65.5 Å². The zero-order chi connectivity index (χ0) is 15.7. The molecule has 0 spiro atoms. The highest BCUT2D eigenvalue weighted by Crippen LogP contribution is 2.23. The third-order valence-electron chi connectivity index (χ3n) is 3.74. The molecule has 112 valence electrons. The molecule has 2 aromatic carbocycles. The number of nitrogens with zero attached hydrogens (tertiary/aromatic N) is 2. The summed E-state index contributed by atoms with van der Waals surface area (Å²) < 4.78 is 2.20. The van der Waals surface area contributed by atoms with Gasteiger partial charge in [0.15, 0.2) is 0 Å². The zero-order valence-corrected chi connectivity index (χ0v) is 12.7. The molecule has 0 amide bonds. The molecule has 3 rings (SSSR count). The van der Waals surface area contributed by atoms with Crippen LogP contribution in [0.5, 0.6) is 0 Å². The summed E-state index contributed by atoms with van der Waals surface area (Å²) in [4.78, 5) is 15.7. The fourth-order valence-electron chi connectivity index (χ4n) is 2.64. The number of hydrogen-bond donors (Lipinski definition) is 1. The lowest BCUT2D eigenvalue weighted by molar-refractivity contribution is 0.0697. The minimum atomic E-state index is -0.900. The van der Waals surface area contributed by atoms with E-state index in [0.29, 0.717) is 18.0 Å². The van der Waals surface area contributed by atoms with Crippen molar-refractivity contribution in [3.63, 3.8) is 0 Å². The largest absolute Gasteiger partial charge is 0.478 e. The van der Waals surface area contributed by atoms with Crippen LogP contribution in [0.15, 0.2) is 48.5 Å². The molecule has 4 heteroatoms. The molecule has 0 atom stereocenters. The van der Waals surface area contributed by atoms with Crippen LogP contribution in [0.3, 0.4) is 0 Å². The highest BCUT2D eigenvalue weighted by Gasteiger charge is 2.13. The molecule has 0 aliphatic rings. The third-order valence-corrected chi connectivity index (χ3v) is 3.74. The molecule has 3 aromatic rings. The number of para-hydroxylation sites is 2. The Labute approximate surface area is 129 Å². The van der Waals surface area contributed by atoms with E-state index in [4.69, 9.17) is 10.1 Å². The van der Waals surface area contributed by atoms with E-state index in [-0.39, 0.29) is 0 Å². The molecular formula is C18H18N2O2. The molecule has 0 aliphatic carbocycles. The summed E-state index contributed by atoms with van der Waals surface area (Å²) in [6, 6.07) is 15.1. The lowest BCUT2D eigenvalue weighted by atomic mass is 10.1. The van der Waals surface area contributed by atoms with Gasteiger partial charge in [0.25, 0.3) is 0 Å². The maximum Gasteiger partial charge on any atom is 0.335 e. The lowest BCUT2D eigenvalue weighted by Gasteiger charge is -2.12. The molecule has 1 heterocycles. The van der Waals surface area contributed by atoms with E-state index < -0.39 is 5.97 Å². The van der Waals surface area contributed by atoms with E-state index in [1.54, 1.807) is 12.1 Å². The molecule has 0 aliphatic heterocycles. The molecule has 0 saturated heterocycles. The molecule has 1 aromatic heterocycles. The molecule has 0 saturated carbocycles. The van der Waals surface area contributed by atoms with Crippen LogP contribution in [0, 0.1) is 0 Å². The Morgan fingerprint density at radius 3 is 2.45 bits per heavy atom. The number of benzene rings is 2. The molecule has 1 N–H and O–H groups in total. The number of carbonyl (C=O) groups is 1. The number of aromatic carboxylic acids is 1. The van der Waals surface area contributed by atoms with E-state index in [9.17, 15) is 4.79 Å². The van der Waals surface area contributed by atoms with Crippen LogP contribution in [0.4, 0.5) is 0 Å². The fourth-order valence-corrected chi connectivity index (χ4v) is 2.64. The Morgan fingerprint density at radius 1 is 1.14 bits per heavy atom. The van der Waals surface area contributed by atoms with Gasteiger partial charge in [-0.3, -0.25) is 0 Å². The van der Waals surface area contributed by atoms with Gasteiger partial charge in [0.1, 0.15) is 5.82 Å². The van der Waals surface area contributed by atoms with Crippen LogP contribution in [-0.4, -0.2) is 20.6 Å². The van der Waals surface area contributed by atoms with Gasteiger partial charge in [0.2, 0.25) is 0 Å². The average molecular weight is 294 g/mol. The van der Waals surface area contributed by atoms with Crippen LogP contribution < -0.4 is 0 Å². The predicted octanol–water partition coefficient (Wildman–Crippen LogP) is 3.91. The van der Waals surface area contributed by atoms with E-state index in [2.05, 4.69) is 24.5 Å².